The first kappa shape index (κ1) is 19.1. The van der Waals surface area contributed by atoms with Gasteiger partial charge in [0.05, 0.1) is 17.5 Å². The van der Waals surface area contributed by atoms with Gasteiger partial charge in [0.25, 0.3) is 11.1 Å². The molecule has 2 aromatic rings. The number of amides is 2. The number of carbonyl (C=O) groups is 2. The van der Waals surface area contributed by atoms with E-state index in [0.29, 0.717) is 22.1 Å². The van der Waals surface area contributed by atoms with E-state index < -0.39 is 16.1 Å². The number of nitro groups is 1. The number of hydrogen-bond donors (Lipinski definition) is 0. The second kappa shape index (κ2) is 7.64. The molecule has 4 rings (SSSR count). The number of fused-ring (bicyclic) bond motifs is 1. The molecule has 2 aliphatic rings. The van der Waals surface area contributed by atoms with Crippen LogP contribution in [0, 0.1) is 10.1 Å². The number of furan rings is 1. The van der Waals surface area contributed by atoms with Gasteiger partial charge in [0, 0.05) is 11.1 Å². The lowest BCUT2D eigenvalue weighted by Crippen LogP contribution is -2.27. The molecule has 0 atom stereocenters. The largest absolute Gasteiger partial charge is 0.454 e. The number of halogens is 1. The SMILES string of the molecule is O=C1S/C(=C\C=C\c2ccc([N+](=O)[O-])o2)C(=O)N1Cc1cc2c(cc1Cl)OCO2. The van der Waals surface area contributed by atoms with E-state index in [1.807, 2.05) is 0 Å². The lowest BCUT2D eigenvalue weighted by molar-refractivity contribution is -0.402. The summed E-state index contributed by atoms with van der Waals surface area (Å²) in [6.45, 7) is 0.0795. The number of imide groups is 1. The van der Waals surface area contributed by atoms with Crippen LogP contribution in [-0.4, -0.2) is 27.8 Å². The summed E-state index contributed by atoms with van der Waals surface area (Å²) in [7, 11) is 0. The Morgan fingerprint density at radius 3 is 2.72 bits per heavy atom. The van der Waals surface area contributed by atoms with E-state index in [4.69, 9.17) is 25.5 Å². The molecule has 1 aromatic carbocycles. The molecule has 0 unspecified atom stereocenters. The molecular weight excluding hydrogens is 424 g/mol. The first-order chi connectivity index (χ1) is 13.9. The van der Waals surface area contributed by atoms with E-state index in [-0.39, 0.29) is 29.9 Å². The highest BCUT2D eigenvalue weighted by atomic mass is 35.5. The van der Waals surface area contributed by atoms with Crippen molar-refractivity contribution < 1.29 is 28.4 Å². The highest BCUT2D eigenvalue weighted by Gasteiger charge is 2.35. The highest BCUT2D eigenvalue weighted by Crippen LogP contribution is 2.39. The van der Waals surface area contributed by atoms with Crippen molar-refractivity contribution in [2.45, 2.75) is 6.54 Å². The van der Waals surface area contributed by atoms with Gasteiger partial charge < -0.3 is 13.9 Å². The van der Waals surface area contributed by atoms with Crippen molar-refractivity contribution in [3.8, 4) is 11.5 Å². The Bertz CT molecular complexity index is 1090. The zero-order chi connectivity index (χ0) is 20.5. The third-order valence-corrected chi connectivity index (χ3v) is 5.32. The Balaban J connectivity index is 1.48. The molecule has 29 heavy (non-hydrogen) atoms. The van der Waals surface area contributed by atoms with Gasteiger partial charge in [-0.05, 0) is 41.6 Å². The average Bonchev–Trinajstić information content (AvgIpc) is 3.38. The summed E-state index contributed by atoms with van der Waals surface area (Å²) in [6.07, 6.45) is 4.38. The molecule has 0 aliphatic carbocycles. The summed E-state index contributed by atoms with van der Waals surface area (Å²) in [5.74, 6) is 0.409. The molecule has 3 heterocycles. The van der Waals surface area contributed by atoms with E-state index >= 15 is 0 Å². The normalized spacial score (nSPS) is 17.1. The van der Waals surface area contributed by atoms with Crippen molar-refractivity contribution >= 4 is 46.5 Å². The molecule has 0 spiro atoms. The summed E-state index contributed by atoms with van der Waals surface area (Å²) in [4.78, 5) is 36.1. The molecule has 0 N–H and O–H groups in total. The predicted molar refractivity (Wildman–Crippen MR) is 104 cm³/mol. The molecule has 1 fully saturated rings. The first-order valence-electron chi connectivity index (χ1n) is 8.16. The van der Waals surface area contributed by atoms with Crippen LogP contribution >= 0.6 is 23.4 Å². The number of rotatable bonds is 5. The van der Waals surface area contributed by atoms with Gasteiger partial charge >= 0.3 is 5.88 Å². The fourth-order valence-corrected chi connectivity index (χ4v) is 3.66. The monoisotopic (exact) mass is 434 g/mol. The molecular formula is C18H11ClN2O7S. The number of carbonyl (C=O) groups excluding carboxylic acids is 2. The van der Waals surface area contributed by atoms with Gasteiger partial charge in [-0.1, -0.05) is 17.7 Å². The van der Waals surface area contributed by atoms with Crippen LogP contribution in [0.1, 0.15) is 11.3 Å². The molecule has 2 aliphatic heterocycles. The van der Waals surface area contributed by atoms with Crippen LogP contribution in [0.15, 0.2) is 45.7 Å². The van der Waals surface area contributed by atoms with Crippen molar-refractivity contribution in [1.29, 1.82) is 0 Å². The number of benzene rings is 1. The van der Waals surface area contributed by atoms with Crippen LogP contribution in [0.3, 0.4) is 0 Å². The predicted octanol–water partition coefficient (Wildman–Crippen LogP) is 4.36. The highest BCUT2D eigenvalue weighted by molar-refractivity contribution is 8.18. The van der Waals surface area contributed by atoms with E-state index in [2.05, 4.69) is 0 Å². The summed E-state index contributed by atoms with van der Waals surface area (Å²) in [5.41, 5.74) is 0.554. The van der Waals surface area contributed by atoms with E-state index in [1.54, 1.807) is 12.1 Å². The molecule has 1 aromatic heterocycles. The maximum Gasteiger partial charge on any atom is 0.433 e. The summed E-state index contributed by atoms with van der Waals surface area (Å²) in [5, 5.41) is 10.5. The maximum atomic E-state index is 12.6. The first-order valence-corrected chi connectivity index (χ1v) is 9.36. The number of thioether (sulfide) groups is 1. The smallest absolute Gasteiger partial charge is 0.433 e. The van der Waals surface area contributed by atoms with Crippen LogP contribution in [0.25, 0.3) is 6.08 Å². The molecule has 11 heteroatoms. The molecule has 9 nitrogen and oxygen atoms in total. The van der Waals surface area contributed by atoms with Crippen LogP contribution in [0.5, 0.6) is 11.5 Å². The Kier molecular flexibility index (Phi) is 5.03. The topological polar surface area (TPSA) is 112 Å². The van der Waals surface area contributed by atoms with Crippen LogP contribution in [0.4, 0.5) is 10.7 Å². The van der Waals surface area contributed by atoms with Gasteiger partial charge in [-0.2, -0.15) is 0 Å². The van der Waals surface area contributed by atoms with Crippen molar-refractivity contribution in [2.24, 2.45) is 0 Å². The lowest BCUT2D eigenvalue weighted by atomic mass is 10.2. The summed E-state index contributed by atoms with van der Waals surface area (Å²) >= 11 is 7.01. The minimum atomic E-state index is -0.649. The second-order valence-corrected chi connectivity index (χ2v) is 7.28. The minimum absolute atomic E-state index is 0.00836. The zero-order valence-corrected chi connectivity index (χ0v) is 16.1. The molecule has 148 valence electrons. The van der Waals surface area contributed by atoms with E-state index in [0.717, 1.165) is 16.7 Å². The average molecular weight is 435 g/mol. The molecule has 2 amide bonds. The maximum absolute atomic E-state index is 12.6. The van der Waals surface area contributed by atoms with E-state index in [9.17, 15) is 19.7 Å². The van der Waals surface area contributed by atoms with Crippen molar-refractivity contribution in [3.63, 3.8) is 0 Å². The number of hydrogen-bond acceptors (Lipinski definition) is 8. The van der Waals surface area contributed by atoms with Gasteiger partial charge in [0.1, 0.15) is 10.7 Å². The van der Waals surface area contributed by atoms with Crippen molar-refractivity contribution in [3.05, 3.63) is 67.8 Å². The van der Waals surface area contributed by atoms with E-state index in [1.165, 1.54) is 30.4 Å². The van der Waals surface area contributed by atoms with Crippen LogP contribution < -0.4 is 9.47 Å². The summed E-state index contributed by atoms with van der Waals surface area (Å²) in [6, 6.07) is 5.87. The van der Waals surface area contributed by atoms with Crippen molar-refractivity contribution in [2.75, 3.05) is 6.79 Å². The van der Waals surface area contributed by atoms with Gasteiger partial charge in [-0.15, -0.1) is 0 Å². The standard InChI is InChI=1S/C18H11ClN2O7S/c19-12-7-14-13(26-9-27-14)6-10(12)8-20-17(22)15(29-18(20)23)3-1-2-11-4-5-16(28-11)21(24)25/h1-7H,8-9H2/b2-1+,15-3-. The minimum Gasteiger partial charge on any atom is -0.454 e. The van der Waals surface area contributed by atoms with Gasteiger partial charge in [-0.3, -0.25) is 24.6 Å². The molecule has 1 saturated heterocycles. The van der Waals surface area contributed by atoms with Crippen LogP contribution in [0.2, 0.25) is 5.02 Å². The molecule has 0 radical (unpaired) electrons. The van der Waals surface area contributed by atoms with Gasteiger partial charge in [0.15, 0.2) is 11.5 Å². The molecule has 0 bridgehead atoms. The zero-order valence-electron chi connectivity index (χ0n) is 14.5. The Morgan fingerprint density at radius 2 is 2.00 bits per heavy atom. The number of nitrogens with zero attached hydrogens (tertiary/aromatic N) is 2. The van der Waals surface area contributed by atoms with Crippen molar-refractivity contribution in [1.82, 2.24) is 4.90 Å². The Hall–Kier alpha value is -3.24. The number of allylic oxidation sites excluding steroid dienone is 2. The van der Waals surface area contributed by atoms with Gasteiger partial charge in [-0.25, -0.2) is 0 Å². The lowest BCUT2D eigenvalue weighted by Gasteiger charge is -2.14. The third kappa shape index (κ3) is 3.84. The quantitative estimate of drug-likeness (QED) is 0.387. The molecule has 0 saturated carbocycles. The third-order valence-electron chi connectivity index (χ3n) is 4.04. The van der Waals surface area contributed by atoms with Crippen LogP contribution in [-0.2, 0) is 11.3 Å². The fourth-order valence-electron chi connectivity index (χ4n) is 2.66. The Morgan fingerprint density at radius 1 is 1.24 bits per heavy atom. The second-order valence-electron chi connectivity index (χ2n) is 5.88. The summed E-state index contributed by atoms with van der Waals surface area (Å²) < 4.78 is 15.5. The number of ether oxygens (including phenoxy) is 2. The fraction of sp³-hybridized carbons (Fsp3) is 0.111. The Labute approximate surface area is 172 Å². The van der Waals surface area contributed by atoms with Gasteiger partial charge in [0.2, 0.25) is 6.79 Å².